The van der Waals surface area contributed by atoms with Crippen molar-refractivity contribution in [2.75, 3.05) is 4.90 Å². The number of para-hydroxylation sites is 4. The third-order valence-corrected chi connectivity index (χ3v) is 9.67. The summed E-state index contributed by atoms with van der Waals surface area (Å²) in [6.07, 6.45) is 3.17. The first-order valence-corrected chi connectivity index (χ1v) is 16.2. The maximum Gasteiger partial charge on any atom is 0.198 e. The lowest BCUT2D eigenvalue weighted by Gasteiger charge is -2.25. The van der Waals surface area contributed by atoms with Gasteiger partial charge in [0.1, 0.15) is 0 Å². The zero-order valence-electron chi connectivity index (χ0n) is 26.1. The van der Waals surface area contributed by atoms with E-state index in [2.05, 4.69) is 104 Å². The molecule has 0 fully saturated rings. The van der Waals surface area contributed by atoms with Crippen LogP contribution in [0.25, 0.3) is 65.6 Å². The van der Waals surface area contributed by atoms with Crippen LogP contribution < -0.4 is 15.8 Å². The molecule has 0 aliphatic rings. The minimum absolute atomic E-state index is 0.124. The molecule has 0 bridgehead atoms. The summed E-state index contributed by atoms with van der Waals surface area (Å²) in [5.41, 5.74) is 7.90. The molecule has 0 unspecified atom stereocenters. The molecule has 0 N–H and O–H groups in total. The summed E-state index contributed by atoms with van der Waals surface area (Å²) in [4.78, 5) is 34.6. The molecule has 0 radical (unpaired) electrons. The third-order valence-electron chi connectivity index (χ3n) is 9.67. The fourth-order valence-electron chi connectivity index (χ4n) is 7.55. The summed E-state index contributed by atoms with van der Waals surface area (Å²) in [7, 11) is 0. The maximum absolute atomic E-state index is 14.3. The van der Waals surface area contributed by atoms with Gasteiger partial charge in [0.2, 0.25) is 0 Å². The molecule has 0 atom stereocenters. The van der Waals surface area contributed by atoms with Gasteiger partial charge in [-0.1, -0.05) is 66.7 Å². The monoisotopic (exact) mass is 630 g/mol. The Balaban J connectivity index is 1.38. The molecule has 0 amide bonds. The van der Waals surface area contributed by atoms with E-state index in [1.165, 1.54) is 0 Å². The summed E-state index contributed by atoms with van der Waals surface area (Å²) >= 11 is 0. The molecule has 4 heterocycles. The van der Waals surface area contributed by atoms with E-state index in [-0.39, 0.29) is 10.9 Å². The molecule has 0 aliphatic carbocycles. The van der Waals surface area contributed by atoms with E-state index < -0.39 is 0 Å². The average molecular weight is 631 g/mol. The van der Waals surface area contributed by atoms with Gasteiger partial charge in [0.25, 0.3) is 0 Å². The zero-order chi connectivity index (χ0) is 32.6. The van der Waals surface area contributed by atoms with Gasteiger partial charge in [0, 0.05) is 56.7 Å². The highest BCUT2D eigenvalue weighted by atomic mass is 16.1. The van der Waals surface area contributed by atoms with Crippen molar-refractivity contribution >= 4 is 77.0 Å². The van der Waals surface area contributed by atoms with Gasteiger partial charge in [-0.2, -0.15) is 0 Å². The summed E-state index contributed by atoms with van der Waals surface area (Å²) in [5.74, 6) is 0. The van der Waals surface area contributed by atoms with E-state index in [1.54, 1.807) is 12.4 Å². The van der Waals surface area contributed by atoms with Gasteiger partial charge in [-0.15, -0.1) is 0 Å². The van der Waals surface area contributed by atoms with Crippen molar-refractivity contribution in [1.29, 1.82) is 0 Å². The second kappa shape index (κ2) is 10.4. The maximum atomic E-state index is 14.3. The highest BCUT2D eigenvalue weighted by Gasteiger charge is 2.22. The van der Waals surface area contributed by atoms with Crippen molar-refractivity contribution in [3.63, 3.8) is 0 Å². The third kappa shape index (κ3) is 3.92. The minimum atomic E-state index is -0.144. The summed E-state index contributed by atoms with van der Waals surface area (Å²) in [5, 5.41) is 4.07. The van der Waals surface area contributed by atoms with Crippen LogP contribution in [0.4, 0.5) is 17.1 Å². The Labute approximate surface area is 279 Å². The van der Waals surface area contributed by atoms with Crippen molar-refractivity contribution in [3.8, 4) is 5.69 Å². The standard InChI is InChI=1S/C43H26N4O2/c48-42-31-18-10-11-19-37(31)47-40-23-33-32-22-30(45(27-12-4-1-5-13-27)28-14-6-2-7-15-28)20-21-38(32)46(29-16-8-3-9-17-29)39(33)24-34(40)43(49)36-26-44-25-35(42)41(36)47/h1-26H. The normalized spacial score (nSPS) is 11.8. The van der Waals surface area contributed by atoms with E-state index in [0.717, 1.165) is 55.6 Å². The van der Waals surface area contributed by atoms with Crippen LogP contribution in [0.1, 0.15) is 0 Å². The Morgan fingerprint density at radius 3 is 1.69 bits per heavy atom. The Kier molecular flexibility index (Phi) is 5.78. The van der Waals surface area contributed by atoms with Gasteiger partial charge in [-0.25, -0.2) is 0 Å². The first-order chi connectivity index (χ1) is 24.2. The first-order valence-electron chi connectivity index (χ1n) is 16.2. The zero-order valence-corrected chi connectivity index (χ0v) is 26.1. The lowest BCUT2D eigenvalue weighted by Crippen LogP contribution is -2.14. The van der Waals surface area contributed by atoms with Crippen LogP contribution in [0, 0.1) is 0 Å². The molecule has 6 aromatic carbocycles. The van der Waals surface area contributed by atoms with Crippen molar-refractivity contribution in [2.24, 2.45) is 0 Å². The molecule has 6 nitrogen and oxygen atoms in total. The molecular formula is C43H26N4O2. The number of hydrogen-bond acceptors (Lipinski definition) is 4. The van der Waals surface area contributed by atoms with Gasteiger partial charge in [0.15, 0.2) is 10.9 Å². The molecule has 0 saturated heterocycles. The number of rotatable bonds is 4. The number of aromatic nitrogens is 3. The van der Waals surface area contributed by atoms with Crippen LogP contribution in [-0.2, 0) is 0 Å². The second-order valence-electron chi connectivity index (χ2n) is 12.4. The van der Waals surface area contributed by atoms with Crippen molar-refractivity contribution in [2.45, 2.75) is 0 Å². The van der Waals surface area contributed by atoms with Crippen molar-refractivity contribution in [3.05, 3.63) is 178 Å². The molecule has 230 valence electrons. The number of nitrogens with zero attached hydrogens (tertiary/aromatic N) is 4. The van der Waals surface area contributed by atoms with E-state index in [4.69, 9.17) is 0 Å². The van der Waals surface area contributed by atoms with Gasteiger partial charge in [-0.05, 0) is 78.9 Å². The Bertz CT molecular complexity index is 2990. The van der Waals surface area contributed by atoms with Crippen molar-refractivity contribution in [1.82, 2.24) is 14.0 Å². The van der Waals surface area contributed by atoms with E-state index in [9.17, 15) is 9.59 Å². The average Bonchev–Trinajstić information content (AvgIpc) is 3.48. The number of benzene rings is 6. The van der Waals surface area contributed by atoms with E-state index >= 15 is 0 Å². The SMILES string of the molecule is O=c1c2ccccc2n2c3cc4c5cc(N(c6ccccc6)c6ccccc6)ccc5n(-c5ccccc5)c4cc3c(=O)c3cncc1c32. The predicted molar refractivity (Wildman–Crippen MR) is 200 cm³/mol. The lowest BCUT2D eigenvalue weighted by molar-refractivity contribution is 1.18. The van der Waals surface area contributed by atoms with Crippen molar-refractivity contribution < 1.29 is 0 Å². The highest BCUT2D eigenvalue weighted by molar-refractivity contribution is 6.16. The summed E-state index contributed by atoms with van der Waals surface area (Å²) in [6, 6.07) is 49.3. The van der Waals surface area contributed by atoms with Gasteiger partial charge in [0.05, 0.1) is 38.4 Å². The fourth-order valence-corrected chi connectivity index (χ4v) is 7.55. The molecule has 0 saturated carbocycles. The number of pyridine rings is 3. The Hall–Kier alpha value is -6.79. The largest absolute Gasteiger partial charge is 0.310 e. The number of anilines is 3. The quantitative estimate of drug-likeness (QED) is 0.144. The predicted octanol–water partition coefficient (Wildman–Crippen LogP) is 9.52. The molecule has 10 aromatic rings. The van der Waals surface area contributed by atoms with E-state index in [1.807, 2.05) is 60.7 Å². The smallest absolute Gasteiger partial charge is 0.198 e. The number of hydrogen-bond donors (Lipinski definition) is 0. The van der Waals surface area contributed by atoms with Gasteiger partial charge < -0.3 is 13.9 Å². The molecule has 10 rings (SSSR count). The first kappa shape index (κ1) is 27.3. The minimum Gasteiger partial charge on any atom is -0.310 e. The van der Waals surface area contributed by atoms with Gasteiger partial charge in [-0.3, -0.25) is 14.6 Å². The fraction of sp³-hybridized carbons (Fsp3) is 0. The van der Waals surface area contributed by atoms with Crippen LogP contribution in [0.3, 0.4) is 0 Å². The Morgan fingerprint density at radius 2 is 1.00 bits per heavy atom. The molecule has 4 aromatic heterocycles. The van der Waals surface area contributed by atoms with Crippen LogP contribution in [-0.4, -0.2) is 14.0 Å². The topological polar surface area (TPSA) is 59.6 Å². The van der Waals surface area contributed by atoms with Crippen LogP contribution in [0.2, 0.25) is 0 Å². The van der Waals surface area contributed by atoms with E-state index in [0.29, 0.717) is 27.1 Å². The molecular weight excluding hydrogens is 604 g/mol. The second-order valence-corrected chi connectivity index (χ2v) is 12.4. The lowest BCUT2D eigenvalue weighted by atomic mass is 10.0. The molecule has 0 aliphatic heterocycles. The molecule has 49 heavy (non-hydrogen) atoms. The Morgan fingerprint density at radius 1 is 0.429 bits per heavy atom. The van der Waals surface area contributed by atoms with Crippen LogP contribution in [0.15, 0.2) is 168 Å². The summed E-state index contributed by atoms with van der Waals surface area (Å²) in [6.45, 7) is 0. The van der Waals surface area contributed by atoms with Crippen LogP contribution >= 0.6 is 0 Å². The van der Waals surface area contributed by atoms with Gasteiger partial charge >= 0.3 is 0 Å². The molecule has 6 heteroatoms. The van der Waals surface area contributed by atoms with Crippen LogP contribution in [0.5, 0.6) is 0 Å². The molecule has 0 spiro atoms. The summed E-state index contributed by atoms with van der Waals surface area (Å²) < 4.78 is 4.31. The number of fused-ring (bicyclic) bond motifs is 7. The highest BCUT2D eigenvalue weighted by Crippen LogP contribution is 2.41.